The summed E-state index contributed by atoms with van der Waals surface area (Å²) in [6.45, 7) is 29.0. The summed E-state index contributed by atoms with van der Waals surface area (Å²) in [4.78, 5) is 10.6. The molecule has 0 spiro atoms. The molecule has 0 saturated heterocycles. The van der Waals surface area contributed by atoms with Crippen molar-refractivity contribution in [2.45, 2.75) is 118 Å². The van der Waals surface area contributed by atoms with Crippen molar-refractivity contribution in [3.63, 3.8) is 0 Å². The predicted octanol–water partition coefficient (Wildman–Crippen LogP) is 16.1. The number of rotatable bonds is 8. The average Bonchev–Trinajstić information content (AvgIpc) is 3.65. The van der Waals surface area contributed by atoms with Crippen molar-refractivity contribution in [3.05, 3.63) is 167 Å². The molecular weight excluding hydrogens is 974 g/mol. The molecule has 0 bridgehead atoms. The molecule has 65 heavy (non-hydrogen) atoms. The molecule has 0 aliphatic rings. The molecule has 2 heterocycles. The van der Waals surface area contributed by atoms with Gasteiger partial charge in [0.2, 0.25) is 0 Å². The van der Waals surface area contributed by atoms with E-state index in [2.05, 4.69) is 228 Å². The number of pyridine rings is 1. The molecule has 6 aromatic carbocycles. The van der Waals surface area contributed by atoms with Gasteiger partial charge >= 0.3 is 0 Å². The van der Waals surface area contributed by atoms with Gasteiger partial charge in [-0.25, -0.2) is 4.98 Å². The van der Waals surface area contributed by atoms with E-state index >= 15 is 0 Å². The van der Waals surface area contributed by atoms with E-state index in [9.17, 15) is 5.11 Å². The van der Waals surface area contributed by atoms with Crippen molar-refractivity contribution in [1.29, 1.82) is 0 Å². The third-order valence-corrected chi connectivity index (χ3v) is 13.1. The zero-order valence-corrected chi connectivity index (χ0v) is 42.8. The van der Waals surface area contributed by atoms with Crippen LogP contribution in [0.2, 0.25) is 0 Å². The Hall–Kier alpha value is -5.57. The third kappa shape index (κ3) is 9.43. The Morgan fingerprint density at radius 2 is 1.22 bits per heavy atom. The van der Waals surface area contributed by atoms with Crippen LogP contribution in [0.3, 0.4) is 0 Å². The van der Waals surface area contributed by atoms with E-state index < -0.39 is 0 Å². The first-order chi connectivity index (χ1) is 30.1. The molecule has 0 radical (unpaired) electrons. The number of phenols is 1. The second-order valence-electron chi connectivity index (χ2n) is 21.4. The number of hydrogen-bond acceptors (Lipinski definition) is 3. The van der Waals surface area contributed by atoms with Gasteiger partial charge in [-0.05, 0) is 93.2 Å². The Morgan fingerprint density at radius 1 is 0.569 bits per heavy atom. The molecule has 4 nitrogen and oxygen atoms in total. The second-order valence-corrected chi connectivity index (χ2v) is 21.4. The van der Waals surface area contributed by atoms with E-state index in [1.54, 1.807) is 0 Å². The van der Waals surface area contributed by atoms with Gasteiger partial charge in [0.1, 0.15) is 11.6 Å². The van der Waals surface area contributed by atoms with Crippen molar-refractivity contribution >= 4 is 11.0 Å². The fourth-order valence-electron chi connectivity index (χ4n) is 8.55. The Labute approximate surface area is 402 Å². The maximum atomic E-state index is 12.6. The molecule has 0 aliphatic carbocycles. The number of para-hydroxylation sites is 1. The van der Waals surface area contributed by atoms with Crippen LogP contribution in [0.15, 0.2) is 134 Å². The van der Waals surface area contributed by atoms with E-state index in [-0.39, 0.29) is 48.5 Å². The van der Waals surface area contributed by atoms with Crippen LogP contribution < -0.4 is 0 Å². The standard InChI is InChI=1S/C60H64N3O.Pt/c1-14-60(12,13)44-27-28-52(48(35-44)40-19-16-15-17-20-40)63-53-22-18-21-47(54(53)62-56(63)49-36-46(58(6,7)8)37-50(55(49)64)59(9,10)11)42-31-43(33-45(32-42)57(3,4)5)51-34-41(29-30-61-51)39-25-23-38(2)24-26-39;/h15-30,32-37,64H,14H2,1-13H3;/q-1;. The number of aryl methyl sites for hydroxylation is 1. The molecular formula is C60H64N3OPt-. The van der Waals surface area contributed by atoms with Crippen LogP contribution in [-0.2, 0) is 42.7 Å². The average molecular weight is 1040 g/mol. The third-order valence-electron chi connectivity index (χ3n) is 13.1. The van der Waals surface area contributed by atoms with Crippen LogP contribution in [0.4, 0.5) is 0 Å². The molecule has 0 saturated carbocycles. The maximum absolute atomic E-state index is 12.6. The number of nitrogens with zero attached hydrogens (tertiary/aromatic N) is 3. The van der Waals surface area contributed by atoms with Gasteiger partial charge in [-0.3, -0.25) is 9.55 Å². The number of benzene rings is 6. The maximum Gasteiger partial charge on any atom is 0.148 e. The van der Waals surface area contributed by atoms with Crippen LogP contribution in [0.5, 0.6) is 5.75 Å². The monoisotopic (exact) mass is 1040 g/mol. The summed E-state index contributed by atoms with van der Waals surface area (Å²) in [6, 6.07) is 49.7. The van der Waals surface area contributed by atoms with Gasteiger partial charge in [0.05, 0.1) is 22.3 Å². The minimum Gasteiger partial charge on any atom is -0.507 e. The van der Waals surface area contributed by atoms with Crippen LogP contribution in [-0.4, -0.2) is 19.6 Å². The summed E-state index contributed by atoms with van der Waals surface area (Å²) in [7, 11) is 0. The van der Waals surface area contributed by atoms with Crippen molar-refractivity contribution in [1.82, 2.24) is 14.5 Å². The molecule has 0 amide bonds. The molecule has 5 heteroatoms. The number of imidazole rings is 1. The molecule has 0 aliphatic heterocycles. The van der Waals surface area contributed by atoms with E-state index in [1.165, 1.54) is 16.7 Å². The summed E-state index contributed by atoms with van der Waals surface area (Å²) in [5, 5.41) is 12.6. The Kier molecular flexibility index (Phi) is 12.9. The van der Waals surface area contributed by atoms with Gasteiger partial charge in [0, 0.05) is 44.1 Å². The molecule has 8 aromatic rings. The van der Waals surface area contributed by atoms with Gasteiger partial charge < -0.3 is 5.11 Å². The number of hydrogen-bond donors (Lipinski definition) is 1. The normalized spacial score (nSPS) is 12.4. The summed E-state index contributed by atoms with van der Waals surface area (Å²) in [5.41, 5.74) is 16.7. The smallest absolute Gasteiger partial charge is 0.148 e. The van der Waals surface area contributed by atoms with Crippen LogP contribution in [0.1, 0.15) is 117 Å². The first-order valence-electron chi connectivity index (χ1n) is 22.9. The SMILES string of the molecule is CCC(C)(C)c1ccc(-n2c(-c3cc(C(C)(C)C)cc(C(C)(C)C)c3O)nc3c(-c4[c-]c(-c5cc(-c6ccc(C)cc6)ccn5)cc(C(C)(C)C)c4)cccc32)c(-c2ccccc2)c1.[Pt]. The van der Waals surface area contributed by atoms with E-state index in [0.717, 1.165) is 78.9 Å². The first-order valence-corrected chi connectivity index (χ1v) is 22.9. The fourth-order valence-corrected chi connectivity index (χ4v) is 8.55. The van der Waals surface area contributed by atoms with Crippen molar-refractivity contribution in [2.24, 2.45) is 0 Å². The molecule has 1 N–H and O–H groups in total. The second kappa shape index (κ2) is 17.7. The minimum atomic E-state index is -0.325. The Balaban J connectivity index is 0.00000630. The van der Waals surface area contributed by atoms with Crippen molar-refractivity contribution < 1.29 is 26.2 Å². The molecule has 2 aromatic heterocycles. The van der Waals surface area contributed by atoms with Crippen LogP contribution in [0, 0.1) is 13.0 Å². The molecule has 0 unspecified atom stereocenters. The Morgan fingerprint density at radius 3 is 1.86 bits per heavy atom. The topological polar surface area (TPSA) is 50.9 Å². The van der Waals surface area contributed by atoms with Crippen molar-refractivity contribution in [2.75, 3.05) is 0 Å². The van der Waals surface area contributed by atoms with Gasteiger partial charge in [0.15, 0.2) is 0 Å². The molecule has 0 atom stereocenters. The first kappa shape index (κ1) is 47.4. The number of phenolic OH excluding ortho intramolecular Hbond substituents is 1. The predicted molar refractivity (Wildman–Crippen MR) is 271 cm³/mol. The summed E-state index contributed by atoms with van der Waals surface area (Å²) < 4.78 is 2.29. The number of aromatic nitrogens is 3. The molecule has 8 rings (SSSR count). The van der Waals surface area contributed by atoms with E-state index in [0.29, 0.717) is 11.4 Å². The quantitative estimate of drug-likeness (QED) is 0.154. The van der Waals surface area contributed by atoms with Gasteiger partial charge in [0.25, 0.3) is 0 Å². The van der Waals surface area contributed by atoms with E-state index in [1.807, 2.05) is 6.20 Å². The minimum absolute atomic E-state index is 0. The fraction of sp³-hybridized carbons (Fsp3) is 0.300. The van der Waals surface area contributed by atoms with Gasteiger partial charge in [-0.2, -0.15) is 0 Å². The molecule has 0 fully saturated rings. The van der Waals surface area contributed by atoms with Crippen molar-refractivity contribution in [3.8, 4) is 67.5 Å². The van der Waals surface area contributed by atoms with Gasteiger partial charge in [-0.15, -0.1) is 29.3 Å². The largest absolute Gasteiger partial charge is 0.507 e. The zero-order chi connectivity index (χ0) is 45.9. The summed E-state index contributed by atoms with van der Waals surface area (Å²) in [6.07, 6.45) is 2.90. The van der Waals surface area contributed by atoms with Gasteiger partial charge in [-0.1, -0.05) is 185 Å². The summed E-state index contributed by atoms with van der Waals surface area (Å²) >= 11 is 0. The van der Waals surface area contributed by atoms with E-state index in [4.69, 9.17) is 9.97 Å². The number of fused-ring (bicyclic) bond motifs is 1. The summed E-state index contributed by atoms with van der Waals surface area (Å²) in [5.74, 6) is 0.947. The van der Waals surface area contributed by atoms with Crippen LogP contribution in [0.25, 0.3) is 72.7 Å². The Bertz CT molecular complexity index is 3010. The molecule has 336 valence electrons. The number of aromatic hydroxyl groups is 1. The zero-order valence-electron chi connectivity index (χ0n) is 40.5. The van der Waals surface area contributed by atoms with Crippen LogP contribution >= 0.6 is 0 Å².